The van der Waals surface area contributed by atoms with Gasteiger partial charge in [-0.2, -0.15) is 0 Å². The second kappa shape index (κ2) is 7.34. The summed E-state index contributed by atoms with van der Waals surface area (Å²) >= 11 is 11.7. The molecule has 0 heterocycles. The summed E-state index contributed by atoms with van der Waals surface area (Å²) in [5, 5.41) is 3.66. The second-order valence-electron chi connectivity index (χ2n) is 4.48. The van der Waals surface area contributed by atoms with Gasteiger partial charge in [0.25, 0.3) is 5.91 Å². The maximum atomic E-state index is 12.0. The molecule has 110 valence electrons. The van der Waals surface area contributed by atoms with Crippen molar-refractivity contribution in [3.05, 3.63) is 63.6 Å². The van der Waals surface area contributed by atoms with Gasteiger partial charge in [-0.15, -0.1) is 0 Å². The van der Waals surface area contributed by atoms with E-state index in [1.807, 2.05) is 24.3 Å². The summed E-state index contributed by atoms with van der Waals surface area (Å²) in [4.78, 5) is 12.0. The number of carbonyl (C=O) groups is 1. The monoisotopic (exact) mass is 323 g/mol. The number of hydrogen-bond donors (Lipinski definition) is 1. The minimum absolute atomic E-state index is 0.165. The lowest BCUT2D eigenvalue weighted by molar-refractivity contribution is 0.0954. The first-order valence-corrected chi connectivity index (χ1v) is 7.22. The summed E-state index contributed by atoms with van der Waals surface area (Å²) in [5.41, 5.74) is 1.63. The molecule has 0 unspecified atom stereocenters. The minimum atomic E-state index is -0.165. The number of benzene rings is 2. The molecular weight excluding hydrogens is 309 g/mol. The molecule has 2 rings (SSSR count). The predicted octanol–water partition coefficient (Wildman–Crippen LogP) is 3.97. The van der Waals surface area contributed by atoms with Crippen LogP contribution < -0.4 is 10.1 Å². The molecule has 0 fully saturated rings. The fourth-order valence-corrected chi connectivity index (χ4v) is 2.15. The fraction of sp³-hybridized carbons (Fsp3) is 0.188. The fourth-order valence-electron chi connectivity index (χ4n) is 1.85. The topological polar surface area (TPSA) is 38.3 Å². The molecule has 1 N–H and O–H groups in total. The molecule has 2 aromatic carbocycles. The molecule has 2 aromatic rings. The highest BCUT2D eigenvalue weighted by molar-refractivity contribution is 6.42. The van der Waals surface area contributed by atoms with E-state index in [1.54, 1.807) is 25.3 Å². The van der Waals surface area contributed by atoms with Crippen LogP contribution in [0.25, 0.3) is 0 Å². The van der Waals surface area contributed by atoms with Gasteiger partial charge >= 0.3 is 0 Å². The molecule has 5 heteroatoms. The van der Waals surface area contributed by atoms with Gasteiger partial charge in [-0.1, -0.05) is 35.3 Å². The Kier molecular flexibility index (Phi) is 5.48. The Bertz CT molecular complexity index is 627. The maximum Gasteiger partial charge on any atom is 0.251 e. The van der Waals surface area contributed by atoms with Crippen molar-refractivity contribution in [3.8, 4) is 5.75 Å². The maximum absolute atomic E-state index is 12.0. The van der Waals surface area contributed by atoms with Crippen molar-refractivity contribution in [2.24, 2.45) is 0 Å². The van der Waals surface area contributed by atoms with E-state index in [0.29, 0.717) is 22.2 Å². The van der Waals surface area contributed by atoms with E-state index in [1.165, 1.54) is 0 Å². The van der Waals surface area contributed by atoms with Gasteiger partial charge < -0.3 is 10.1 Å². The molecule has 0 spiro atoms. The molecule has 0 atom stereocenters. The van der Waals surface area contributed by atoms with Crippen LogP contribution >= 0.6 is 23.2 Å². The summed E-state index contributed by atoms with van der Waals surface area (Å²) in [5.74, 6) is 0.653. The Labute approximate surface area is 133 Å². The number of amides is 1. The number of ether oxygens (including phenoxy) is 1. The lowest BCUT2D eigenvalue weighted by atomic mass is 10.1. The van der Waals surface area contributed by atoms with Crippen molar-refractivity contribution < 1.29 is 9.53 Å². The molecule has 0 aliphatic rings. The molecule has 21 heavy (non-hydrogen) atoms. The Morgan fingerprint density at radius 2 is 1.81 bits per heavy atom. The number of rotatable bonds is 5. The predicted molar refractivity (Wildman–Crippen MR) is 85.5 cm³/mol. The largest absolute Gasteiger partial charge is 0.497 e. The highest BCUT2D eigenvalue weighted by Crippen LogP contribution is 2.22. The van der Waals surface area contributed by atoms with E-state index < -0.39 is 0 Å². The van der Waals surface area contributed by atoms with Crippen LogP contribution in [-0.4, -0.2) is 19.6 Å². The van der Waals surface area contributed by atoms with Gasteiger partial charge in [0, 0.05) is 12.1 Å². The zero-order valence-corrected chi connectivity index (χ0v) is 13.0. The number of nitrogens with one attached hydrogen (secondary N) is 1. The van der Waals surface area contributed by atoms with Crippen LogP contribution in [0.3, 0.4) is 0 Å². The van der Waals surface area contributed by atoms with Gasteiger partial charge in [-0.3, -0.25) is 4.79 Å². The van der Waals surface area contributed by atoms with Crippen molar-refractivity contribution >= 4 is 29.1 Å². The molecule has 0 radical (unpaired) electrons. The van der Waals surface area contributed by atoms with E-state index in [-0.39, 0.29) is 5.91 Å². The normalized spacial score (nSPS) is 10.2. The molecule has 0 aliphatic carbocycles. The van der Waals surface area contributed by atoms with Crippen LogP contribution in [0.2, 0.25) is 10.0 Å². The quantitative estimate of drug-likeness (QED) is 0.904. The van der Waals surface area contributed by atoms with Crippen LogP contribution in [0, 0.1) is 0 Å². The Morgan fingerprint density at radius 3 is 2.43 bits per heavy atom. The Morgan fingerprint density at radius 1 is 1.10 bits per heavy atom. The standard InChI is InChI=1S/C16H15Cl2NO2/c1-21-13-5-2-11(3-6-13)8-9-19-16(20)12-4-7-14(17)15(18)10-12/h2-7,10H,8-9H2,1H3,(H,19,20). The first-order chi connectivity index (χ1) is 10.1. The molecule has 3 nitrogen and oxygen atoms in total. The molecule has 0 aliphatic heterocycles. The number of methoxy groups -OCH3 is 1. The van der Waals surface area contributed by atoms with Crippen molar-refractivity contribution in [2.75, 3.05) is 13.7 Å². The van der Waals surface area contributed by atoms with E-state index in [0.717, 1.165) is 17.7 Å². The summed E-state index contributed by atoms with van der Waals surface area (Å²) in [6, 6.07) is 12.6. The molecule has 0 saturated carbocycles. The highest BCUT2D eigenvalue weighted by atomic mass is 35.5. The smallest absolute Gasteiger partial charge is 0.251 e. The second-order valence-corrected chi connectivity index (χ2v) is 5.30. The number of halogens is 2. The molecule has 1 amide bonds. The van der Waals surface area contributed by atoms with Crippen molar-refractivity contribution in [1.82, 2.24) is 5.32 Å². The molecule has 0 saturated heterocycles. The van der Waals surface area contributed by atoms with E-state index in [2.05, 4.69) is 5.32 Å². The minimum Gasteiger partial charge on any atom is -0.497 e. The lowest BCUT2D eigenvalue weighted by Crippen LogP contribution is -2.25. The average Bonchev–Trinajstić information content (AvgIpc) is 2.50. The zero-order chi connectivity index (χ0) is 15.2. The van der Waals surface area contributed by atoms with Gasteiger partial charge in [-0.25, -0.2) is 0 Å². The van der Waals surface area contributed by atoms with Crippen molar-refractivity contribution in [3.63, 3.8) is 0 Å². The Balaban J connectivity index is 1.87. The Hall–Kier alpha value is -1.71. The van der Waals surface area contributed by atoms with E-state index in [4.69, 9.17) is 27.9 Å². The summed E-state index contributed by atoms with van der Waals surface area (Å²) < 4.78 is 5.10. The van der Waals surface area contributed by atoms with Gasteiger partial charge in [0.15, 0.2) is 0 Å². The highest BCUT2D eigenvalue weighted by Gasteiger charge is 2.07. The first kappa shape index (κ1) is 15.7. The molecular formula is C16H15Cl2NO2. The third-order valence-corrected chi connectivity index (χ3v) is 3.78. The SMILES string of the molecule is COc1ccc(CCNC(=O)c2ccc(Cl)c(Cl)c2)cc1. The van der Waals surface area contributed by atoms with Gasteiger partial charge in [-0.05, 0) is 42.3 Å². The third-order valence-electron chi connectivity index (χ3n) is 3.04. The summed E-state index contributed by atoms with van der Waals surface area (Å²) in [6.07, 6.45) is 0.747. The molecule has 0 aromatic heterocycles. The van der Waals surface area contributed by atoms with E-state index in [9.17, 15) is 4.79 Å². The lowest BCUT2D eigenvalue weighted by Gasteiger charge is -2.07. The van der Waals surface area contributed by atoms with Crippen LogP contribution in [0.15, 0.2) is 42.5 Å². The average molecular weight is 324 g/mol. The van der Waals surface area contributed by atoms with Crippen LogP contribution in [0.1, 0.15) is 15.9 Å². The van der Waals surface area contributed by atoms with Crippen LogP contribution in [-0.2, 0) is 6.42 Å². The van der Waals surface area contributed by atoms with Crippen LogP contribution in [0.5, 0.6) is 5.75 Å². The molecule has 0 bridgehead atoms. The first-order valence-electron chi connectivity index (χ1n) is 6.46. The summed E-state index contributed by atoms with van der Waals surface area (Å²) in [7, 11) is 1.63. The van der Waals surface area contributed by atoms with Crippen molar-refractivity contribution in [1.29, 1.82) is 0 Å². The summed E-state index contributed by atoms with van der Waals surface area (Å²) in [6.45, 7) is 0.547. The number of hydrogen-bond acceptors (Lipinski definition) is 2. The third kappa shape index (κ3) is 4.38. The van der Waals surface area contributed by atoms with E-state index >= 15 is 0 Å². The van der Waals surface area contributed by atoms with Gasteiger partial charge in [0.05, 0.1) is 17.2 Å². The van der Waals surface area contributed by atoms with Crippen LogP contribution in [0.4, 0.5) is 0 Å². The van der Waals surface area contributed by atoms with Gasteiger partial charge in [0.1, 0.15) is 5.75 Å². The zero-order valence-electron chi connectivity index (χ0n) is 11.5. The number of carbonyl (C=O) groups excluding carboxylic acids is 1. The van der Waals surface area contributed by atoms with Gasteiger partial charge in [0.2, 0.25) is 0 Å². The van der Waals surface area contributed by atoms with Crippen molar-refractivity contribution in [2.45, 2.75) is 6.42 Å².